The van der Waals surface area contributed by atoms with Crippen molar-refractivity contribution >= 4 is 23.1 Å². The molecule has 0 saturated carbocycles. The van der Waals surface area contributed by atoms with Crippen LogP contribution in [0.5, 0.6) is 0 Å². The molecule has 0 radical (unpaired) electrons. The highest BCUT2D eigenvalue weighted by Crippen LogP contribution is 2.22. The molecule has 2 aromatic carbocycles. The molecule has 0 bridgehead atoms. The fraction of sp³-hybridized carbons (Fsp3) is 0.261. The van der Waals surface area contributed by atoms with Crippen LogP contribution in [0.1, 0.15) is 34.5 Å². The zero-order chi connectivity index (χ0) is 20.1. The molecule has 1 aliphatic rings. The van der Waals surface area contributed by atoms with E-state index in [1.807, 2.05) is 24.3 Å². The summed E-state index contributed by atoms with van der Waals surface area (Å²) in [5.74, 6) is 0.373. The molecule has 0 atom stereocenters. The monoisotopic (exact) mass is 387 g/mol. The highest BCUT2D eigenvalue weighted by atomic mass is 16.1. The van der Waals surface area contributed by atoms with Crippen molar-refractivity contribution in [3.8, 4) is 0 Å². The number of anilines is 3. The first-order valence-corrected chi connectivity index (χ1v) is 9.96. The third-order valence-electron chi connectivity index (χ3n) is 5.22. The molecule has 4 rings (SSSR count). The number of nitrogens with zero attached hydrogens (tertiary/aromatic N) is 3. The molecule has 6 heteroatoms. The molecule has 0 aliphatic carbocycles. The van der Waals surface area contributed by atoms with Crippen LogP contribution in [0.25, 0.3) is 0 Å². The van der Waals surface area contributed by atoms with Crippen molar-refractivity contribution in [1.82, 2.24) is 9.97 Å². The van der Waals surface area contributed by atoms with Gasteiger partial charge < -0.3 is 15.5 Å². The van der Waals surface area contributed by atoms with E-state index in [0.717, 1.165) is 18.8 Å². The predicted molar refractivity (Wildman–Crippen MR) is 116 cm³/mol. The van der Waals surface area contributed by atoms with Crippen LogP contribution in [-0.4, -0.2) is 29.0 Å². The molecule has 2 N–H and O–H groups in total. The fourth-order valence-electron chi connectivity index (χ4n) is 3.50. The van der Waals surface area contributed by atoms with Gasteiger partial charge in [-0.3, -0.25) is 4.79 Å². The SMILES string of the molecule is Cc1ccccc1CNc1cc(C(=O)Nc2ccc(N3CCCC3)cc2)ncn1. The smallest absolute Gasteiger partial charge is 0.274 e. The molecular weight excluding hydrogens is 362 g/mol. The van der Waals surface area contributed by atoms with Crippen molar-refractivity contribution in [2.45, 2.75) is 26.3 Å². The molecule has 6 nitrogen and oxygen atoms in total. The number of carbonyl (C=O) groups is 1. The van der Waals surface area contributed by atoms with Crippen molar-refractivity contribution in [3.05, 3.63) is 77.7 Å². The maximum absolute atomic E-state index is 12.6. The lowest BCUT2D eigenvalue weighted by Crippen LogP contribution is -2.18. The Kier molecular flexibility index (Phi) is 5.70. The summed E-state index contributed by atoms with van der Waals surface area (Å²) in [5.41, 5.74) is 4.69. The topological polar surface area (TPSA) is 70.2 Å². The van der Waals surface area contributed by atoms with E-state index < -0.39 is 0 Å². The van der Waals surface area contributed by atoms with E-state index in [1.54, 1.807) is 6.07 Å². The van der Waals surface area contributed by atoms with Crippen molar-refractivity contribution < 1.29 is 4.79 Å². The minimum absolute atomic E-state index is 0.250. The largest absolute Gasteiger partial charge is 0.372 e. The first-order valence-electron chi connectivity index (χ1n) is 9.96. The number of hydrogen-bond donors (Lipinski definition) is 2. The minimum Gasteiger partial charge on any atom is -0.372 e. The summed E-state index contributed by atoms with van der Waals surface area (Å²) in [5, 5.41) is 6.17. The number of carbonyl (C=O) groups excluding carboxylic acids is 1. The molecule has 3 aromatic rings. The van der Waals surface area contributed by atoms with E-state index in [1.165, 1.54) is 36.0 Å². The quantitative estimate of drug-likeness (QED) is 0.662. The molecule has 1 aliphatic heterocycles. The zero-order valence-corrected chi connectivity index (χ0v) is 16.6. The summed E-state index contributed by atoms with van der Waals surface area (Å²) >= 11 is 0. The third kappa shape index (κ3) is 4.71. The molecule has 2 heterocycles. The molecule has 1 saturated heterocycles. The molecule has 0 unspecified atom stereocenters. The van der Waals surface area contributed by atoms with Crippen LogP contribution in [0.4, 0.5) is 17.2 Å². The normalized spacial score (nSPS) is 13.3. The van der Waals surface area contributed by atoms with Gasteiger partial charge in [-0.25, -0.2) is 9.97 Å². The lowest BCUT2D eigenvalue weighted by atomic mass is 10.1. The van der Waals surface area contributed by atoms with Gasteiger partial charge in [0.05, 0.1) is 0 Å². The van der Waals surface area contributed by atoms with Gasteiger partial charge in [0.2, 0.25) is 0 Å². The van der Waals surface area contributed by atoms with Gasteiger partial charge in [0.1, 0.15) is 17.8 Å². The molecule has 1 amide bonds. The second-order valence-electron chi connectivity index (χ2n) is 7.26. The predicted octanol–water partition coefficient (Wildman–Crippen LogP) is 4.25. The van der Waals surface area contributed by atoms with Crippen molar-refractivity contribution in [2.24, 2.45) is 0 Å². The first-order chi connectivity index (χ1) is 14.2. The van der Waals surface area contributed by atoms with Gasteiger partial charge in [0.15, 0.2) is 0 Å². The Labute approximate surface area is 171 Å². The molecule has 29 heavy (non-hydrogen) atoms. The zero-order valence-electron chi connectivity index (χ0n) is 16.6. The van der Waals surface area contributed by atoms with Crippen LogP contribution in [-0.2, 0) is 6.54 Å². The number of aromatic nitrogens is 2. The van der Waals surface area contributed by atoms with E-state index in [9.17, 15) is 4.79 Å². The van der Waals surface area contributed by atoms with Gasteiger partial charge >= 0.3 is 0 Å². The third-order valence-corrected chi connectivity index (χ3v) is 5.22. The highest BCUT2D eigenvalue weighted by Gasteiger charge is 2.13. The van der Waals surface area contributed by atoms with E-state index in [-0.39, 0.29) is 5.91 Å². The Morgan fingerprint density at radius 1 is 1.03 bits per heavy atom. The van der Waals surface area contributed by atoms with E-state index in [4.69, 9.17) is 0 Å². The maximum atomic E-state index is 12.6. The standard InChI is InChI=1S/C23H25N5O/c1-17-6-2-3-7-18(17)15-24-22-14-21(25-16-26-22)23(29)27-19-8-10-20(11-9-19)28-12-4-5-13-28/h2-3,6-11,14,16H,4-5,12-13,15H2,1H3,(H,27,29)(H,24,25,26). The summed E-state index contributed by atoms with van der Waals surface area (Å²) < 4.78 is 0. The Hall–Kier alpha value is -3.41. The number of aryl methyl sites for hydroxylation is 1. The highest BCUT2D eigenvalue weighted by molar-refractivity contribution is 6.03. The number of hydrogen-bond acceptors (Lipinski definition) is 5. The Bertz CT molecular complexity index is 981. The van der Waals surface area contributed by atoms with Gasteiger partial charge in [-0.2, -0.15) is 0 Å². The average Bonchev–Trinajstić information content (AvgIpc) is 3.29. The van der Waals surface area contributed by atoms with E-state index >= 15 is 0 Å². The summed E-state index contributed by atoms with van der Waals surface area (Å²) in [6.07, 6.45) is 3.89. The van der Waals surface area contributed by atoms with Gasteiger partial charge in [0, 0.05) is 37.1 Å². The minimum atomic E-state index is -0.250. The van der Waals surface area contributed by atoms with Crippen LogP contribution in [0, 0.1) is 6.92 Å². The fourth-order valence-corrected chi connectivity index (χ4v) is 3.50. The van der Waals surface area contributed by atoms with Crippen LogP contribution in [0.2, 0.25) is 0 Å². The van der Waals surface area contributed by atoms with Gasteiger partial charge in [-0.1, -0.05) is 24.3 Å². The number of benzene rings is 2. The van der Waals surface area contributed by atoms with E-state index in [0.29, 0.717) is 18.1 Å². The molecule has 148 valence electrons. The van der Waals surface area contributed by atoms with Crippen LogP contribution < -0.4 is 15.5 Å². The number of rotatable bonds is 6. The lowest BCUT2D eigenvalue weighted by molar-refractivity contribution is 0.102. The lowest BCUT2D eigenvalue weighted by Gasteiger charge is -2.17. The molecule has 1 aromatic heterocycles. The van der Waals surface area contributed by atoms with E-state index in [2.05, 4.69) is 56.7 Å². The summed E-state index contributed by atoms with van der Waals surface area (Å²) in [6, 6.07) is 17.8. The Morgan fingerprint density at radius 3 is 2.55 bits per heavy atom. The van der Waals surface area contributed by atoms with Crippen LogP contribution >= 0.6 is 0 Å². The molecular formula is C23H25N5O. The maximum Gasteiger partial charge on any atom is 0.274 e. The Morgan fingerprint density at radius 2 is 1.79 bits per heavy atom. The second kappa shape index (κ2) is 8.73. The number of nitrogens with one attached hydrogen (secondary N) is 2. The number of amides is 1. The van der Waals surface area contributed by atoms with Gasteiger partial charge in [-0.15, -0.1) is 0 Å². The molecule has 0 spiro atoms. The summed E-state index contributed by atoms with van der Waals surface area (Å²) in [7, 11) is 0. The Balaban J connectivity index is 1.38. The molecule has 1 fully saturated rings. The second-order valence-corrected chi connectivity index (χ2v) is 7.26. The van der Waals surface area contributed by atoms with Crippen molar-refractivity contribution in [3.63, 3.8) is 0 Å². The van der Waals surface area contributed by atoms with Gasteiger partial charge in [0.25, 0.3) is 5.91 Å². The average molecular weight is 387 g/mol. The summed E-state index contributed by atoms with van der Waals surface area (Å²) in [4.78, 5) is 23.3. The van der Waals surface area contributed by atoms with Crippen molar-refractivity contribution in [1.29, 1.82) is 0 Å². The van der Waals surface area contributed by atoms with Crippen molar-refractivity contribution in [2.75, 3.05) is 28.6 Å². The van der Waals surface area contributed by atoms with Crippen LogP contribution in [0.3, 0.4) is 0 Å². The summed E-state index contributed by atoms with van der Waals surface area (Å²) in [6.45, 7) is 4.92. The van der Waals surface area contributed by atoms with Crippen LogP contribution in [0.15, 0.2) is 60.9 Å². The first kappa shape index (κ1) is 18.9. The van der Waals surface area contributed by atoms with Gasteiger partial charge in [-0.05, 0) is 55.2 Å².